The fourth-order valence-corrected chi connectivity index (χ4v) is 2.19. The van der Waals surface area contributed by atoms with Gasteiger partial charge in [-0.15, -0.1) is 0 Å². The number of esters is 1. The molecule has 0 spiro atoms. The van der Waals surface area contributed by atoms with Crippen LogP contribution >= 0.6 is 0 Å². The zero-order chi connectivity index (χ0) is 19.1. The molecule has 2 aromatic rings. The second-order valence-electron chi connectivity index (χ2n) is 5.79. The van der Waals surface area contributed by atoms with Crippen LogP contribution in [0, 0.1) is 13.8 Å². The van der Waals surface area contributed by atoms with Crippen LogP contribution in [0.25, 0.3) is 0 Å². The number of ketones is 1. The van der Waals surface area contributed by atoms with Gasteiger partial charge in [0.2, 0.25) is 0 Å². The minimum absolute atomic E-state index is 0.289. The number of aryl methyl sites for hydroxylation is 2. The average Bonchev–Trinajstić information content (AvgIpc) is 2.66. The molecule has 2 aromatic carbocycles. The molecule has 0 saturated heterocycles. The number of hydrogen-bond donors (Lipinski definition) is 1. The molecule has 0 unspecified atom stereocenters. The van der Waals surface area contributed by atoms with Gasteiger partial charge >= 0.3 is 5.97 Å². The van der Waals surface area contributed by atoms with Crippen molar-refractivity contribution in [2.24, 2.45) is 0 Å². The standard InChI is InChI=1S/C20H21NO5/c1-13-4-5-16(10-14(13)2)18(22)12-26-19(23)11-21-20(24)15-6-8-17(25-3)9-7-15/h4-10H,11-12H2,1-3H3,(H,21,24). The van der Waals surface area contributed by atoms with Crippen molar-refractivity contribution in [2.45, 2.75) is 13.8 Å². The Labute approximate surface area is 152 Å². The summed E-state index contributed by atoms with van der Waals surface area (Å²) < 4.78 is 9.94. The highest BCUT2D eigenvalue weighted by atomic mass is 16.5. The Morgan fingerprint density at radius 3 is 2.19 bits per heavy atom. The van der Waals surface area contributed by atoms with E-state index in [1.165, 1.54) is 7.11 Å². The van der Waals surface area contributed by atoms with E-state index in [0.29, 0.717) is 16.9 Å². The largest absolute Gasteiger partial charge is 0.497 e. The number of Topliss-reactive ketones (excluding diaryl/α,β-unsaturated/α-hetero) is 1. The average molecular weight is 355 g/mol. The SMILES string of the molecule is COc1ccc(C(=O)NCC(=O)OCC(=O)c2ccc(C)c(C)c2)cc1. The van der Waals surface area contributed by atoms with Crippen molar-refractivity contribution in [3.8, 4) is 5.75 Å². The topological polar surface area (TPSA) is 81.7 Å². The Morgan fingerprint density at radius 1 is 0.923 bits per heavy atom. The number of hydrogen-bond acceptors (Lipinski definition) is 5. The van der Waals surface area contributed by atoms with Gasteiger partial charge in [0.25, 0.3) is 5.91 Å². The third-order valence-corrected chi connectivity index (χ3v) is 3.94. The molecule has 6 nitrogen and oxygen atoms in total. The molecule has 0 aliphatic carbocycles. The molecule has 0 saturated carbocycles. The Hall–Kier alpha value is -3.15. The van der Waals surface area contributed by atoms with E-state index in [0.717, 1.165) is 11.1 Å². The number of methoxy groups -OCH3 is 1. The number of carbonyl (C=O) groups is 3. The molecule has 0 radical (unpaired) electrons. The van der Waals surface area contributed by atoms with Gasteiger partial charge in [0, 0.05) is 11.1 Å². The maximum atomic E-state index is 12.1. The first-order chi connectivity index (χ1) is 12.4. The first-order valence-corrected chi connectivity index (χ1v) is 8.09. The Kier molecular flexibility index (Phi) is 6.49. The maximum absolute atomic E-state index is 12.1. The number of benzene rings is 2. The summed E-state index contributed by atoms with van der Waals surface area (Å²) >= 11 is 0. The molecule has 2 rings (SSSR count). The van der Waals surface area contributed by atoms with Gasteiger partial charge in [0.05, 0.1) is 7.11 Å². The summed E-state index contributed by atoms with van der Waals surface area (Å²) in [5.74, 6) is -0.747. The van der Waals surface area contributed by atoms with Gasteiger partial charge in [-0.25, -0.2) is 0 Å². The highest BCUT2D eigenvalue weighted by molar-refractivity contribution is 5.99. The zero-order valence-electron chi connectivity index (χ0n) is 15.0. The smallest absolute Gasteiger partial charge is 0.325 e. The molecular formula is C20H21NO5. The van der Waals surface area contributed by atoms with Crippen LogP contribution in [0.15, 0.2) is 42.5 Å². The molecule has 1 N–H and O–H groups in total. The molecule has 0 aromatic heterocycles. The van der Waals surface area contributed by atoms with Crippen molar-refractivity contribution in [1.29, 1.82) is 0 Å². The normalized spacial score (nSPS) is 10.1. The quantitative estimate of drug-likeness (QED) is 0.609. The molecule has 26 heavy (non-hydrogen) atoms. The predicted molar refractivity (Wildman–Crippen MR) is 96.5 cm³/mol. The first-order valence-electron chi connectivity index (χ1n) is 8.09. The monoisotopic (exact) mass is 355 g/mol. The molecule has 0 aliphatic rings. The summed E-state index contributed by atoms with van der Waals surface area (Å²) in [5.41, 5.74) is 2.96. The molecule has 0 aliphatic heterocycles. The lowest BCUT2D eigenvalue weighted by Gasteiger charge is -2.08. The van der Waals surface area contributed by atoms with E-state index in [1.807, 2.05) is 19.9 Å². The third-order valence-electron chi connectivity index (χ3n) is 3.94. The first kappa shape index (κ1) is 19.2. The van der Waals surface area contributed by atoms with Crippen LogP contribution in [0.3, 0.4) is 0 Å². The molecule has 6 heteroatoms. The van der Waals surface area contributed by atoms with Gasteiger partial charge in [-0.3, -0.25) is 14.4 Å². The fourth-order valence-electron chi connectivity index (χ4n) is 2.19. The summed E-state index contributed by atoms with van der Waals surface area (Å²) in [6, 6.07) is 11.8. The molecule has 0 bridgehead atoms. The molecule has 0 heterocycles. The lowest BCUT2D eigenvalue weighted by Crippen LogP contribution is -2.31. The molecular weight excluding hydrogens is 334 g/mol. The van der Waals surface area contributed by atoms with Crippen LogP contribution < -0.4 is 10.1 Å². The second kappa shape index (κ2) is 8.80. The highest BCUT2D eigenvalue weighted by Gasteiger charge is 2.12. The predicted octanol–water partition coefficient (Wildman–Crippen LogP) is 2.47. The Morgan fingerprint density at radius 2 is 1.58 bits per heavy atom. The van der Waals surface area contributed by atoms with E-state index in [1.54, 1.807) is 36.4 Å². The molecule has 0 fully saturated rings. The van der Waals surface area contributed by atoms with Gasteiger partial charge in [0.1, 0.15) is 12.3 Å². The van der Waals surface area contributed by atoms with Gasteiger partial charge in [0.15, 0.2) is 12.4 Å². The van der Waals surface area contributed by atoms with Crippen molar-refractivity contribution in [1.82, 2.24) is 5.32 Å². The summed E-state index contributed by atoms with van der Waals surface area (Å²) in [4.78, 5) is 35.7. The van der Waals surface area contributed by atoms with Gasteiger partial charge in [-0.1, -0.05) is 12.1 Å². The van der Waals surface area contributed by atoms with E-state index in [2.05, 4.69) is 5.32 Å². The van der Waals surface area contributed by atoms with Gasteiger partial charge in [-0.05, 0) is 55.3 Å². The molecule has 0 atom stereocenters. The number of nitrogens with one attached hydrogen (secondary N) is 1. The summed E-state index contributed by atoms with van der Waals surface area (Å²) in [6.45, 7) is 3.19. The van der Waals surface area contributed by atoms with Crippen molar-refractivity contribution in [3.63, 3.8) is 0 Å². The van der Waals surface area contributed by atoms with E-state index < -0.39 is 11.9 Å². The van der Waals surface area contributed by atoms with E-state index in [9.17, 15) is 14.4 Å². The van der Waals surface area contributed by atoms with Gasteiger partial charge < -0.3 is 14.8 Å². The van der Waals surface area contributed by atoms with E-state index in [4.69, 9.17) is 9.47 Å². The van der Waals surface area contributed by atoms with Crippen LogP contribution in [0.2, 0.25) is 0 Å². The number of carbonyl (C=O) groups excluding carboxylic acids is 3. The van der Waals surface area contributed by atoms with Crippen molar-refractivity contribution < 1.29 is 23.9 Å². The van der Waals surface area contributed by atoms with Crippen LogP contribution in [-0.2, 0) is 9.53 Å². The Balaban J connectivity index is 1.79. The number of ether oxygens (including phenoxy) is 2. The van der Waals surface area contributed by atoms with Crippen LogP contribution in [0.1, 0.15) is 31.8 Å². The minimum Gasteiger partial charge on any atom is -0.497 e. The highest BCUT2D eigenvalue weighted by Crippen LogP contribution is 2.11. The lowest BCUT2D eigenvalue weighted by atomic mass is 10.0. The Bertz CT molecular complexity index is 811. The number of amides is 1. The summed E-state index contributed by atoms with van der Waals surface area (Å²) in [7, 11) is 1.53. The van der Waals surface area contributed by atoms with Crippen molar-refractivity contribution in [2.75, 3.05) is 20.3 Å². The second-order valence-corrected chi connectivity index (χ2v) is 5.79. The minimum atomic E-state index is -0.677. The third kappa shape index (κ3) is 5.17. The van der Waals surface area contributed by atoms with Crippen molar-refractivity contribution in [3.05, 3.63) is 64.7 Å². The van der Waals surface area contributed by atoms with E-state index >= 15 is 0 Å². The van der Waals surface area contributed by atoms with Crippen LogP contribution in [-0.4, -0.2) is 37.9 Å². The molecule has 1 amide bonds. The van der Waals surface area contributed by atoms with Crippen molar-refractivity contribution >= 4 is 17.7 Å². The summed E-state index contributed by atoms with van der Waals surface area (Å²) in [6.07, 6.45) is 0. The van der Waals surface area contributed by atoms with Gasteiger partial charge in [-0.2, -0.15) is 0 Å². The number of rotatable bonds is 7. The van der Waals surface area contributed by atoms with Crippen LogP contribution in [0.4, 0.5) is 0 Å². The maximum Gasteiger partial charge on any atom is 0.325 e. The fraction of sp³-hybridized carbons (Fsp3) is 0.250. The molecule has 136 valence electrons. The summed E-state index contributed by atoms with van der Waals surface area (Å²) in [5, 5.41) is 2.45. The zero-order valence-corrected chi connectivity index (χ0v) is 15.0. The van der Waals surface area contributed by atoms with Crippen LogP contribution in [0.5, 0.6) is 5.75 Å². The van der Waals surface area contributed by atoms with E-state index in [-0.39, 0.29) is 18.9 Å². The lowest BCUT2D eigenvalue weighted by molar-refractivity contribution is -0.141.